The molecular weight excluding hydrogens is 236 g/mol. The summed E-state index contributed by atoms with van der Waals surface area (Å²) in [5.74, 6) is 1.83. The van der Waals surface area contributed by atoms with Crippen LogP contribution in [0.4, 0.5) is 5.69 Å². The van der Waals surface area contributed by atoms with Crippen LogP contribution in [0.5, 0.6) is 5.75 Å². The maximum absolute atomic E-state index is 6.12. The highest BCUT2D eigenvalue weighted by molar-refractivity contribution is 5.59. The van der Waals surface area contributed by atoms with Crippen LogP contribution in [-0.2, 0) is 6.42 Å². The van der Waals surface area contributed by atoms with Crippen molar-refractivity contribution in [3.63, 3.8) is 0 Å². The largest absolute Gasteiger partial charge is 0.493 e. The SMILES string of the molecule is CN1CCC(COc2cccc3c2CCCN3)CC1. The summed E-state index contributed by atoms with van der Waals surface area (Å²) in [5.41, 5.74) is 2.65. The van der Waals surface area contributed by atoms with Crippen LogP contribution in [0.2, 0.25) is 0 Å². The van der Waals surface area contributed by atoms with Gasteiger partial charge in [-0.3, -0.25) is 0 Å². The van der Waals surface area contributed by atoms with E-state index in [9.17, 15) is 0 Å². The van der Waals surface area contributed by atoms with Crippen molar-refractivity contribution in [2.24, 2.45) is 5.92 Å². The van der Waals surface area contributed by atoms with Gasteiger partial charge in [-0.05, 0) is 63.9 Å². The molecule has 104 valence electrons. The van der Waals surface area contributed by atoms with Crippen molar-refractivity contribution in [1.82, 2.24) is 4.90 Å². The third kappa shape index (κ3) is 3.03. The molecule has 1 aromatic rings. The molecule has 0 unspecified atom stereocenters. The van der Waals surface area contributed by atoms with Crippen LogP contribution in [0.25, 0.3) is 0 Å². The summed E-state index contributed by atoms with van der Waals surface area (Å²) in [7, 11) is 2.20. The van der Waals surface area contributed by atoms with Gasteiger partial charge in [0.05, 0.1) is 6.61 Å². The molecule has 0 aromatic heterocycles. The number of hydrogen-bond donors (Lipinski definition) is 1. The van der Waals surface area contributed by atoms with Gasteiger partial charge in [0, 0.05) is 17.8 Å². The lowest BCUT2D eigenvalue weighted by atomic mass is 9.98. The number of anilines is 1. The molecule has 0 spiro atoms. The highest BCUT2D eigenvalue weighted by Crippen LogP contribution is 2.31. The molecule has 0 radical (unpaired) electrons. The van der Waals surface area contributed by atoms with E-state index in [0.29, 0.717) is 0 Å². The summed E-state index contributed by atoms with van der Waals surface area (Å²) in [6.45, 7) is 4.39. The van der Waals surface area contributed by atoms with Crippen LogP contribution in [-0.4, -0.2) is 38.2 Å². The fraction of sp³-hybridized carbons (Fsp3) is 0.625. The molecule has 0 atom stereocenters. The monoisotopic (exact) mass is 260 g/mol. The van der Waals surface area contributed by atoms with E-state index in [-0.39, 0.29) is 0 Å². The molecule has 1 aromatic carbocycles. The van der Waals surface area contributed by atoms with Crippen molar-refractivity contribution >= 4 is 5.69 Å². The van der Waals surface area contributed by atoms with Gasteiger partial charge in [-0.2, -0.15) is 0 Å². The molecular formula is C16H24N2O. The molecule has 19 heavy (non-hydrogen) atoms. The lowest BCUT2D eigenvalue weighted by Crippen LogP contribution is -2.32. The molecule has 2 heterocycles. The molecule has 0 saturated carbocycles. The van der Waals surface area contributed by atoms with Gasteiger partial charge in [0.2, 0.25) is 0 Å². The van der Waals surface area contributed by atoms with Gasteiger partial charge >= 0.3 is 0 Å². The van der Waals surface area contributed by atoms with Crippen LogP contribution >= 0.6 is 0 Å². The fourth-order valence-corrected chi connectivity index (χ4v) is 3.05. The lowest BCUT2D eigenvalue weighted by molar-refractivity contribution is 0.159. The number of nitrogens with one attached hydrogen (secondary N) is 1. The first-order valence-electron chi connectivity index (χ1n) is 7.50. The average Bonchev–Trinajstić information content (AvgIpc) is 2.47. The summed E-state index contributed by atoms with van der Waals surface area (Å²) in [6, 6.07) is 6.39. The fourth-order valence-electron chi connectivity index (χ4n) is 3.05. The molecule has 3 rings (SSSR count). The number of likely N-dealkylation sites (tertiary alicyclic amines) is 1. The molecule has 3 heteroatoms. The highest BCUT2D eigenvalue weighted by Gasteiger charge is 2.19. The second-order valence-electron chi connectivity index (χ2n) is 5.87. The van der Waals surface area contributed by atoms with Gasteiger partial charge in [-0.15, -0.1) is 0 Å². The predicted molar refractivity (Wildman–Crippen MR) is 79.0 cm³/mol. The van der Waals surface area contributed by atoms with Crippen molar-refractivity contribution < 1.29 is 4.74 Å². The standard InChI is InChI=1S/C16H24N2O/c1-18-10-7-13(8-11-18)12-19-16-6-2-5-15-14(16)4-3-9-17-15/h2,5-6,13,17H,3-4,7-12H2,1H3. The van der Waals surface area contributed by atoms with E-state index in [2.05, 4.69) is 35.5 Å². The maximum Gasteiger partial charge on any atom is 0.124 e. The average molecular weight is 260 g/mol. The Kier molecular flexibility index (Phi) is 3.92. The first kappa shape index (κ1) is 12.8. The first-order chi connectivity index (χ1) is 9.33. The van der Waals surface area contributed by atoms with Crippen molar-refractivity contribution in [3.8, 4) is 5.75 Å². The van der Waals surface area contributed by atoms with Crippen LogP contribution in [0.1, 0.15) is 24.8 Å². The minimum atomic E-state index is 0.726. The Morgan fingerprint density at radius 2 is 2.16 bits per heavy atom. The number of rotatable bonds is 3. The van der Waals surface area contributed by atoms with Crippen molar-refractivity contribution in [2.75, 3.05) is 38.6 Å². The number of hydrogen-bond acceptors (Lipinski definition) is 3. The Morgan fingerprint density at radius 1 is 1.32 bits per heavy atom. The van der Waals surface area contributed by atoms with Gasteiger partial charge in [0.15, 0.2) is 0 Å². The minimum Gasteiger partial charge on any atom is -0.493 e. The topological polar surface area (TPSA) is 24.5 Å². The third-order valence-corrected chi connectivity index (χ3v) is 4.36. The smallest absolute Gasteiger partial charge is 0.124 e. The molecule has 0 bridgehead atoms. The molecule has 1 N–H and O–H groups in total. The van der Waals surface area contributed by atoms with Gasteiger partial charge in [0.25, 0.3) is 0 Å². The quantitative estimate of drug-likeness (QED) is 0.904. The maximum atomic E-state index is 6.12. The molecule has 0 amide bonds. The zero-order valence-electron chi connectivity index (χ0n) is 11.8. The van der Waals surface area contributed by atoms with Crippen LogP contribution < -0.4 is 10.1 Å². The number of ether oxygens (including phenoxy) is 1. The predicted octanol–water partition coefficient (Wildman–Crippen LogP) is 2.77. The second kappa shape index (κ2) is 5.83. The molecule has 0 aliphatic carbocycles. The number of nitrogens with zero attached hydrogens (tertiary/aromatic N) is 1. The Labute approximate surface area is 115 Å². The third-order valence-electron chi connectivity index (χ3n) is 4.36. The molecule has 1 saturated heterocycles. The minimum absolute atomic E-state index is 0.726. The van der Waals surface area contributed by atoms with E-state index in [4.69, 9.17) is 4.74 Å². The van der Waals surface area contributed by atoms with Crippen LogP contribution in [0.3, 0.4) is 0 Å². The lowest BCUT2D eigenvalue weighted by Gasteiger charge is -2.29. The first-order valence-corrected chi connectivity index (χ1v) is 7.50. The Balaban J connectivity index is 1.61. The van der Waals surface area contributed by atoms with E-state index in [0.717, 1.165) is 31.2 Å². The summed E-state index contributed by atoms with van der Waals surface area (Å²) >= 11 is 0. The van der Waals surface area contributed by atoms with Crippen LogP contribution in [0.15, 0.2) is 18.2 Å². The van der Waals surface area contributed by atoms with E-state index in [1.165, 1.54) is 43.6 Å². The Morgan fingerprint density at radius 3 is 3.00 bits per heavy atom. The number of piperidine rings is 1. The van der Waals surface area contributed by atoms with Gasteiger partial charge in [0.1, 0.15) is 5.75 Å². The Bertz CT molecular complexity index is 425. The van der Waals surface area contributed by atoms with E-state index in [1.807, 2.05) is 0 Å². The number of benzene rings is 1. The molecule has 2 aliphatic heterocycles. The van der Waals surface area contributed by atoms with Crippen molar-refractivity contribution in [3.05, 3.63) is 23.8 Å². The van der Waals surface area contributed by atoms with Gasteiger partial charge < -0.3 is 15.0 Å². The Hall–Kier alpha value is -1.22. The molecule has 1 fully saturated rings. The number of fused-ring (bicyclic) bond motifs is 1. The van der Waals surface area contributed by atoms with E-state index >= 15 is 0 Å². The molecule has 3 nitrogen and oxygen atoms in total. The van der Waals surface area contributed by atoms with Gasteiger partial charge in [-0.1, -0.05) is 6.07 Å². The summed E-state index contributed by atoms with van der Waals surface area (Å²) in [6.07, 6.45) is 4.89. The zero-order chi connectivity index (χ0) is 13.1. The summed E-state index contributed by atoms with van der Waals surface area (Å²) in [5, 5.41) is 3.46. The van der Waals surface area contributed by atoms with Crippen molar-refractivity contribution in [2.45, 2.75) is 25.7 Å². The summed E-state index contributed by atoms with van der Waals surface area (Å²) < 4.78 is 6.12. The highest BCUT2D eigenvalue weighted by atomic mass is 16.5. The normalized spacial score (nSPS) is 20.7. The zero-order valence-corrected chi connectivity index (χ0v) is 11.8. The van der Waals surface area contributed by atoms with Crippen LogP contribution in [0, 0.1) is 5.92 Å². The van der Waals surface area contributed by atoms with E-state index < -0.39 is 0 Å². The van der Waals surface area contributed by atoms with Gasteiger partial charge in [-0.25, -0.2) is 0 Å². The molecule has 2 aliphatic rings. The van der Waals surface area contributed by atoms with E-state index in [1.54, 1.807) is 0 Å². The second-order valence-corrected chi connectivity index (χ2v) is 5.87. The van der Waals surface area contributed by atoms with Crippen molar-refractivity contribution in [1.29, 1.82) is 0 Å². The summed E-state index contributed by atoms with van der Waals surface area (Å²) in [4.78, 5) is 2.41.